The minimum atomic E-state index is -2.77. The van der Waals surface area contributed by atoms with Gasteiger partial charge in [-0.25, -0.2) is 18.3 Å². The first-order chi connectivity index (χ1) is 14.0. The molecule has 0 saturated carbocycles. The quantitative estimate of drug-likeness (QED) is 0.506. The van der Waals surface area contributed by atoms with Gasteiger partial charge in [-0.2, -0.15) is 5.10 Å². The summed E-state index contributed by atoms with van der Waals surface area (Å²) in [7, 11) is 0. The molecule has 0 saturated heterocycles. The van der Waals surface area contributed by atoms with Gasteiger partial charge in [-0.1, -0.05) is 54.1 Å². The maximum Gasteiger partial charge on any atom is 0.280 e. The van der Waals surface area contributed by atoms with Crippen molar-refractivity contribution in [3.63, 3.8) is 0 Å². The Hall–Kier alpha value is -3.32. The number of nitrogens with one attached hydrogen (secondary N) is 1. The zero-order valence-corrected chi connectivity index (χ0v) is 15.8. The van der Waals surface area contributed by atoms with E-state index < -0.39 is 12.3 Å². The van der Waals surface area contributed by atoms with Crippen molar-refractivity contribution < 1.29 is 13.6 Å². The van der Waals surface area contributed by atoms with Gasteiger partial charge in [-0.05, 0) is 23.8 Å². The van der Waals surface area contributed by atoms with Crippen molar-refractivity contribution in [1.29, 1.82) is 0 Å². The number of hydrogen-bond acceptors (Lipinski definition) is 3. The molecule has 8 heteroatoms. The topological polar surface area (TPSA) is 59.3 Å². The van der Waals surface area contributed by atoms with Crippen LogP contribution in [0.2, 0.25) is 5.02 Å². The monoisotopic (exact) mass is 412 g/mol. The maximum absolute atomic E-state index is 13.6. The van der Waals surface area contributed by atoms with Crippen molar-refractivity contribution in [2.45, 2.75) is 13.0 Å². The molecule has 2 aromatic heterocycles. The molecule has 4 rings (SSSR count). The number of fused-ring (bicyclic) bond motifs is 1. The molecule has 146 valence electrons. The molecule has 0 bridgehead atoms. The van der Waals surface area contributed by atoms with Gasteiger partial charge in [0.2, 0.25) is 0 Å². The van der Waals surface area contributed by atoms with Gasteiger partial charge in [-0.3, -0.25) is 4.79 Å². The van der Waals surface area contributed by atoms with E-state index in [1.165, 1.54) is 12.3 Å². The van der Waals surface area contributed by atoms with E-state index in [0.29, 0.717) is 16.3 Å². The van der Waals surface area contributed by atoms with Gasteiger partial charge in [-0.15, -0.1) is 0 Å². The summed E-state index contributed by atoms with van der Waals surface area (Å²) in [5.74, 6) is -0.460. The number of carbonyl (C=O) groups is 1. The Morgan fingerprint density at radius 1 is 1.10 bits per heavy atom. The predicted molar refractivity (Wildman–Crippen MR) is 106 cm³/mol. The van der Waals surface area contributed by atoms with Gasteiger partial charge >= 0.3 is 0 Å². The van der Waals surface area contributed by atoms with Crippen molar-refractivity contribution >= 4 is 23.2 Å². The molecule has 0 fully saturated rings. The molecular formula is C21H15ClF2N4O. The minimum absolute atomic E-state index is 0.0743. The summed E-state index contributed by atoms with van der Waals surface area (Å²) in [6.45, 7) is 0.233. The highest BCUT2D eigenvalue weighted by Crippen LogP contribution is 2.26. The number of aromatic nitrogens is 3. The molecule has 5 nitrogen and oxygen atoms in total. The standard InChI is InChI=1S/C21H15ClF2N4O/c22-15-8-4-5-13(9-15)11-25-21(29)16-12-26-28-18(19(23)24)10-17(27-20(16)28)14-6-2-1-3-7-14/h1-10,12,19H,11H2,(H,25,29). The Kier molecular flexibility index (Phi) is 5.22. The van der Waals surface area contributed by atoms with Crippen LogP contribution in [0.1, 0.15) is 28.0 Å². The lowest BCUT2D eigenvalue weighted by molar-refractivity contribution is 0.0952. The average molecular weight is 413 g/mol. The summed E-state index contributed by atoms with van der Waals surface area (Å²) < 4.78 is 28.2. The van der Waals surface area contributed by atoms with E-state index in [1.807, 2.05) is 12.1 Å². The van der Waals surface area contributed by atoms with Crippen molar-refractivity contribution in [2.75, 3.05) is 0 Å². The molecule has 0 atom stereocenters. The van der Waals surface area contributed by atoms with Crippen LogP contribution in [0.5, 0.6) is 0 Å². The number of nitrogens with zero attached hydrogens (tertiary/aromatic N) is 3. The van der Waals surface area contributed by atoms with Gasteiger partial charge in [0.05, 0.1) is 11.9 Å². The van der Waals surface area contributed by atoms with E-state index in [1.54, 1.807) is 42.5 Å². The maximum atomic E-state index is 13.6. The van der Waals surface area contributed by atoms with Crippen LogP contribution in [-0.4, -0.2) is 20.5 Å². The lowest BCUT2D eigenvalue weighted by atomic mass is 10.1. The summed E-state index contributed by atoms with van der Waals surface area (Å²) in [5, 5.41) is 7.27. The van der Waals surface area contributed by atoms with E-state index in [4.69, 9.17) is 11.6 Å². The zero-order chi connectivity index (χ0) is 20.4. The summed E-state index contributed by atoms with van der Waals surface area (Å²) in [6.07, 6.45) is -1.53. The second-order valence-corrected chi connectivity index (χ2v) is 6.78. The third-order valence-corrected chi connectivity index (χ3v) is 4.61. The van der Waals surface area contributed by atoms with Gasteiger partial charge in [0.15, 0.2) is 5.65 Å². The Bertz CT molecular complexity index is 1180. The highest BCUT2D eigenvalue weighted by atomic mass is 35.5. The van der Waals surface area contributed by atoms with E-state index >= 15 is 0 Å². The van der Waals surface area contributed by atoms with Crippen LogP contribution >= 0.6 is 11.6 Å². The fourth-order valence-electron chi connectivity index (χ4n) is 2.98. The molecule has 1 amide bonds. The Labute approximate surface area is 170 Å². The summed E-state index contributed by atoms with van der Waals surface area (Å²) in [4.78, 5) is 17.1. The van der Waals surface area contributed by atoms with Gasteiger partial charge in [0, 0.05) is 17.1 Å². The van der Waals surface area contributed by atoms with E-state index in [2.05, 4.69) is 15.4 Å². The number of alkyl halides is 2. The van der Waals surface area contributed by atoms with Crippen molar-refractivity contribution in [2.24, 2.45) is 0 Å². The van der Waals surface area contributed by atoms with E-state index in [-0.39, 0.29) is 23.4 Å². The molecule has 0 aliphatic heterocycles. The average Bonchev–Trinajstić information content (AvgIpc) is 3.16. The number of carbonyl (C=O) groups excluding carboxylic acids is 1. The smallest absolute Gasteiger partial charge is 0.280 e. The first-order valence-corrected chi connectivity index (χ1v) is 9.15. The Morgan fingerprint density at radius 3 is 2.62 bits per heavy atom. The molecule has 2 heterocycles. The second kappa shape index (κ2) is 7.97. The summed E-state index contributed by atoms with van der Waals surface area (Å²) >= 11 is 5.95. The predicted octanol–water partition coefficient (Wildman–Crippen LogP) is 4.92. The van der Waals surface area contributed by atoms with Crippen molar-refractivity contribution in [1.82, 2.24) is 19.9 Å². The van der Waals surface area contributed by atoms with E-state index in [9.17, 15) is 13.6 Å². The molecule has 2 aromatic carbocycles. The van der Waals surface area contributed by atoms with Crippen LogP contribution < -0.4 is 5.32 Å². The molecular weight excluding hydrogens is 398 g/mol. The second-order valence-electron chi connectivity index (χ2n) is 6.34. The van der Waals surface area contributed by atoms with Crippen molar-refractivity contribution in [3.8, 4) is 11.3 Å². The van der Waals surface area contributed by atoms with Crippen LogP contribution in [0.3, 0.4) is 0 Å². The summed E-state index contributed by atoms with van der Waals surface area (Å²) in [5.41, 5.74) is 1.69. The lowest BCUT2D eigenvalue weighted by Crippen LogP contribution is -2.23. The highest BCUT2D eigenvalue weighted by molar-refractivity contribution is 6.30. The largest absolute Gasteiger partial charge is 0.348 e. The fraction of sp³-hybridized carbons (Fsp3) is 0.0952. The first-order valence-electron chi connectivity index (χ1n) is 8.78. The Balaban J connectivity index is 1.71. The van der Waals surface area contributed by atoms with Crippen LogP contribution in [0.25, 0.3) is 16.9 Å². The molecule has 0 radical (unpaired) electrons. The molecule has 1 N–H and O–H groups in total. The molecule has 0 aliphatic rings. The first kappa shape index (κ1) is 19.0. The number of amides is 1. The van der Waals surface area contributed by atoms with Gasteiger partial charge < -0.3 is 5.32 Å². The number of hydrogen-bond donors (Lipinski definition) is 1. The zero-order valence-electron chi connectivity index (χ0n) is 15.0. The van der Waals surface area contributed by atoms with Gasteiger partial charge in [0.25, 0.3) is 12.3 Å². The molecule has 29 heavy (non-hydrogen) atoms. The molecule has 4 aromatic rings. The SMILES string of the molecule is O=C(NCc1cccc(Cl)c1)c1cnn2c(C(F)F)cc(-c3ccccc3)nc12. The number of halogens is 3. The van der Waals surface area contributed by atoms with Gasteiger partial charge in [0.1, 0.15) is 11.3 Å². The summed E-state index contributed by atoms with van der Waals surface area (Å²) in [6, 6.07) is 17.3. The molecule has 0 aliphatic carbocycles. The van der Waals surface area contributed by atoms with E-state index in [0.717, 1.165) is 10.1 Å². The molecule has 0 spiro atoms. The van der Waals surface area contributed by atoms with Crippen molar-refractivity contribution in [3.05, 3.63) is 88.7 Å². The van der Waals surface area contributed by atoms with Crippen LogP contribution in [0.4, 0.5) is 8.78 Å². The van der Waals surface area contributed by atoms with Crippen LogP contribution in [0, 0.1) is 0 Å². The third kappa shape index (κ3) is 3.95. The number of rotatable bonds is 5. The van der Waals surface area contributed by atoms with Crippen LogP contribution in [-0.2, 0) is 6.54 Å². The minimum Gasteiger partial charge on any atom is -0.348 e. The Morgan fingerprint density at radius 2 is 1.90 bits per heavy atom. The number of benzene rings is 2. The molecule has 0 unspecified atom stereocenters. The third-order valence-electron chi connectivity index (χ3n) is 4.38. The van der Waals surface area contributed by atoms with Crippen LogP contribution in [0.15, 0.2) is 66.9 Å². The fourth-order valence-corrected chi connectivity index (χ4v) is 3.20. The normalized spacial score (nSPS) is 11.2. The lowest BCUT2D eigenvalue weighted by Gasteiger charge is -2.09. The highest BCUT2D eigenvalue weighted by Gasteiger charge is 2.21.